The molecule has 1 aromatic rings. The number of carbonyl (C=O) groups is 1. The number of nitrogens with one attached hydrogen (secondary N) is 3. The molecule has 3 N–H and O–H groups in total. The van der Waals surface area contributed by atoms with Crippen LogP contribution in [-0.2, 0) is 4.79 Å². The number of hydrogen-bond donors (Lipinski definition) is 3. The van der Waals surface area contributed by atoms with Gasteiger partial charge in [0.2, 0.25) is 0 Å². The summed E-state index contributed by atoms with van der Waals surface area (Å²) in [5, 5.41) is 7.55. The molecule has 0 saturated heterocycles. The Morgan fingerprint density at radius 2 is 1.82 bits per heavy atom. The number of hydrazine groups is 1. The van der Waals surface area contributed by atoms with Crippen molar-refractivity contribution in [1.82, 2.24) is 15.6 Å². The minimum Gasteiger partial charge on any atom is -0.364 e. The second-order valence-electron chi connectivity index (χ2n) is 7.35. The topological polar surface area (TPSA) is 106 Å². The predicted molar refractivity (Wildman–Crippen MR) is 172 cm³/mol. The Balaban J connectivity index is 0. The molecular weight excluding hydrogens is 531 g/mol. The molecule has 0 spiro atoms. The first-order valence-electron chi connectivity index (χ1n) is 12.9. The summed E-state index contributed by atoms with van der Waals surface area (Å²) in [6.45, 7) is 20.5. The van der Waals surface area contributed by atoms with E-state index in [1.54, 1.807) is 38.3 Å². The average Bonchev–Trinajstić information content (AvgIpc) is 2.95. The second kappa shape index (κ2) is 24.0. The number of rotatable bonds is 13. The summed E-state index contributed by atoms with van der Waals surface area (Å²) in [4.78, 5) is 28.7. The first-order chi connectivity index (χ1) is 19.2. The Kier molecular flexibility index (Phi) is 22.9. The van der Waals surface area contributed by atoms with Crippen LogP contribution in [0.3, 0.4) is 0 Å². The fourth-order valence-electron chi connectivity index (χ4n) is 2.48. The van der Waals surface area contributed by atoms with Gasteiger partial charge < -0.3 is 10.6 Å². The zero-order chi connectivity index (χ0) is 30.9. The van der Waals surface area contributed by atoms with Gasteiger partial charge in [-0.05, 0) is 58.5 Å². The summed E-state index contributed by atoms with van der Waals surface area (Å²) >= 11 is 6.15. The first kappa shape index (κ1) is 38.1. The number of amidine groups is 1. The van der Waals surface area contributed by atoms with Crippen molar-refractivity contribution in [3.63, 3.8) is 0 Å². The summed E-state index contributed by atoms with van der Waals surface area (Å²) in [5.41, 5.74) is 4.07. The van der Waals surface area contributed by atoms with E-state index in [1.807, 2.05) is 41.5 Å². The Bertz CT molecular complexity index is 1090. The number of nitrogens with zero attached hydrogens (tertiary/aromatic N) is 5. The molecule has 1 aromatic carbocycles. The highest BCUT2D eigenvalue weighted by atomic mass is 35.5. The van der Waals surface area contributed by atoms with Crippen LogP contribution in [0.2, 0.25) is 5.02 Å². The van der Waals surface area contributed by atoms with Crippen LogP contribution in [0.15, 0.2) is 86.3 Å². The van der Waals surface area contributed by atoms with Gasteiger partial charge in [0.1, 0.15) is 11.6 Å². The van der Waals surface area contributed by atoms with Gasteiger partial charge in [0.15, 0.2) is 0 Å². The molecule has 0 aliphatic heterocycles. The van der Waals surface area contributed by atoms with Crippen molar-refractivity contribution in [2.24, 2.45) is 20.0 Å². The van der Waals surface area contributed by atoms with Gasteiger partial charge in [0.25, 0.3) is 5.91 Å². The number of benzene rings is 1. The van der Waals surface area contributed by atoms with Crippen LogP contribution >= 0.6 is 11.6 Å². The number of halogens is 2. The minimum absolute atomic E-state index is 0.134. The molecule has 220 valence electrons. The summed E-state index contributed by atoms with van der Waals surface area (Å²) in [5.74, 6) is 0.255. The molecule has 1 amide bonds. The van der Waals surface area contributed by atoms with E-state index >= 15 is 0 Å². The Morgan fingerprint density at radius 1 is 1.15 bits per heavy atom. The Morgan fingerprint density at radius 3 is 2.40 bits per heavy atom. The SMILES string of the molecule is C=N/C=C(/N=C\NC(C)=NC)NC(C)CN(Nc1ccc(F)cc1Cl)C(=O)/C=C/C=C\C=C(/C)N=C.CC.CC. The van der Waals surface area contributed by atoms with E-state index in [0.717, 1.165) is 11.8 Å². The lowest BCUT2D eigenvalue weighted by atomic mass is 10.3. The van der Waals surface area contributed by atoms with Crippen LogP contribution in [0.25, 0.3) is 0 Å². The standard InChI is InChI=1S/C25H32ClFN8O.2C2H6/c1-18(29-5)10-8-7-9-11-25(36)35(34-23-13-12-21(27)14-22(23)26)16-19(2)33-24(15-28-4)32-17-31-20(3)30-6;2*1-2/h7-15,17,19,33-34H,4-5,16H2,1-3,6H3,(H,30,31,32);2*1-2H3/b8-7-,11-9+,18-10+,24-15-;;. The third-order valence-corrected chi connectivity index (χ3v) is 4.69. The van der Waals surface area contributed by atoms with Crippen molar-refractivity contribution in [1.29, 1.82) is 0 Å². The van der Waals surface area contributed by atoms with Gasteiger partial charge >= 0.3 is 0 Å². The molecule has 40 heavy (non-hydrogen) atoms. The fraction of sp³-hybridized carbons (Fsp3) is 0.345. The molecule has 0 heterocycles. The van der Waals surface area contributed by atoms with Gasteiger partial charge in [-0.1, -0.05) is 57.5 Å². The third kappa shape index (κ3) is 17.5. The molecule has 0 saturated carbocycles. The lowest BCUT2D eigenvalue weighted by Crippen LogP contribution is -2.44. The Hall–Kier alpha value is -4.05. The highest BCUT2D eigenvalue weighted by molar-refractivity contribution is 6.33. The first-order valence-corrected chi connectivity index (χ1v) is 13.2. The number of aliphatic imine (C=N–C) groups is 4. The van der Waals surface area contributed by atoms with E-state index < -0.39 is 5.82 Å². The predicted octanol–water partition coefficient (Wildman–Crippen LogP) is 6.55. The van der Waals surface area contributed by atoms with E-state index in [9.17, 15) is 9.18 Å². The molecule has 1 unspecified atom stereocenters. The summed E-state index contributed by atoms with van der Waals surface area (Å²) in [6.07, 6.45) is 11.1. The van der Waals surface area contributed by atoms with Crippen LogP contribution < -0.4 is 16.1 Å². The highest BCUT2D eigenvalue weighted by Crippen LogP contribution is 2.23. The maximum atomic E-state index is 13.5. The number of hydrogen-bond acceptors (Lipinski definition) is 7. The number of anilines is 1. The van der Waals surface area contributed by atoms with Gasteiger partial charge in [-0.2, -0.15) is 0 Å². The molecule has 0 aliphatic rings. The van der Waals surface area contributed by atoms with Crippen molar-refractivity contribution in [2.75, 3.05) is 19.0 Å². The zero-order valence-corrected chi connectivity index (χ0v) is 25.6. The van der Waals surface area contributed by atoms with Crippen LogP contribution in [0, 0.1) is 5.82 Å². The highest BCUT2D eigenvalue weighted by Gasteiger charge is 2.17. The molecule has 0 fully saturated rings. The summed E-state index contributed by atoms with van der Waals surface area (Å²) in [7, 11) is 1.66. The number of amides is 1. The van der Waals surface area contributed by atoms with Crippen LogP contribution in [-0.4, -0.2) is 56.2 Å². The molecule has 0 bridgehead atoms. The summed E-state index contributed by atoms with van der Waals surface area (Å²) in [6, 6.07) is 3.57. The molecular formula is C29H44ClFN8O. The molecule has 0 aliphatic carbocycles. The van der Waals surface area contributed by atoms with Crippen molar-refractivity contribution < 1.29 is 9.18 Å². The van der Waals surface area contributed by atoms with Gasteiger partial charge in [-0.25, -0.2) is 9.38 Å². The van der Waals surface area contributed by atoms with E-state index in [2.05, 4.69) is 49.5 Å². The van der Waals surface area contributed by atoms with Crippen molar-refractivity contribution in [3.8, 4) is 0 Å². The second-order valence-corrected chi connectivity index (χ2v) is 7.76. The van der Waals surface area contributed by atoms with E-state index in [-0.39, 0.29) is 23.5 Å². The fourth-order valence-corrected chi connectivity index (χ4v) is 2.69. The van der Waals surface area contributed by atoms with Gasteiger partial charge in [-0.15, -0.1) is 0 Å². The largest absolute Gasteiger partial charge is 0.364 e. The van der Waals surface area contributed by atoms with Crippen molar-refractivity contribution in [2.45, 2.75) is 54.5 Å². The zero-order valence-electron chi connectivity index (χ0n) is 24.9. The number of carbonyl (C=O) groups excluding carboxylic acids is 1. The third-order valence-electron chi connectivity index (χ3n) is 4.38. The molecule has 1 atom stereocenters. The van der Waals surface area contributed by atoms with Gasteiger partial charge in [0.05, 0.1) is 35.6 Å². The van der Waals surface area contributed by atoms with Crippen LogP contribution in [0.4, 0.5) is 10.1 Å². The Labute approximate surface area is 244 Å². The smallest absolute Gasteiger partial charge is 0.264 e. The van der Waals surface area contributed by atoms with Gasteiger partial charge in [-0.3, -0.25) is 30.2 Å². The normalized spacial score (nSPS) is 12.7. The maximum absolute atomic E-state index is 13.5. The molecule has 1 rings (SSSR count). The van der Waals surface area contributed by atoms with E-state index in [0.29, 0.717) is 17.3 Å². The maximum Gasteiger partial charge on any atom is 0.264 e. The van der Waals surface area contributed by atoms with Crippen molar-refractivity contribution >= 4 is 48.8 Å². The van der Waals surface area contributed by atoms with E-state index in [1.165, 1.54) is 35.8 Å². The molecule has 9 nitrogen and oxygen atoms in total. The molecule has 0 aromatic heterocycles. The lowest BCUT2D eigenvalue weighted by molar-refractivity contribution is -0.125. The average molecular weight is 575 g/mol. The lowest BCUT2D eigenvalue weighted by Gasteiger charge is -2.27. The molecule has 11 heteroatoms. The van der Waals surface area contributed by atoms with Crippen LogP contribution in [0.5, 0.6) is 0 Å². The quantitative estimate of drug-likeness (QED) is 0.0816. The minimum atomic E-state index is -0.484. The monoisotopic (exact) mass is 574 g/mol. The molecule has 0 radical (unpaired) electrons. The van der Waals surface area contributed by atoms with Gasteiger partial charge in [0, 0.05) is 24.9 Å². The van der Waals surface area contributed by atoms with Crippen molar-refractivity contribution in [3.05, 3.63) is 77.1 Å². The number of allylic oxidation sites excluding steroid dienone is 5. The van der Waals surface area contributed by atoms with E-state index in [4.69, 9.17) is 11.6 Å². The van der Waals surface area contributed by atoms with Crippen LogP contribution in [0.1, 0.15) is 48.5 Å². The summed E-state index contributed by atoms with van der Waals surface area (Å²) < 4.78 is 13.5.